The Balaban J connectivity index is 1.25. The molecule has 0 radical (unpaired) electrons. The van der Waals surface area contributed by atoms with Crippen LogP contribution in [0.25, 0.3) is 40.0 Å². The number of oxazole rings is 1. The molecule has 0 bridgehead atoms. The van der Waals surface area contributed by atoms with Gasteiger partial charge < -0.3 is 14.2 Å². The number of aryl methyl sites for hydroxylation is 2. The molecule has 0 aliphatic carbocycles. The number of hydrogen-bond donors (Lipinski definition) is 2. The third-order valence-electron chi connectivity index (χ3n) is 5.75. The van der Waals surface area contributed by atoms with Crippen molar-refractivity contribution in [2.75, 3.05) is 5.32 Å². The molecule has 2 aromatic heterocycles. The predicted octanol–water partition coefficient (Wildman–Crippen LogP) is 8.86. The number of nitrogens with zero attached hydrogens (tertiary/aromatic N) is 1. The predicted molar refractivity (Wildman–Crippen MR) is 161 cm³/mol. The fourth-order valence-corrected chi connectivity index (χ4v) is 4.82. The number of amides is 1. The highest BCUT2D eigenvalue weighted by Crippen LogP contribution is 2.35. The number of fused-ring (bicyclic) bond motifs is 1. The Morgan fingerprint density at radius 1 is 0.949 bits per heavy atom. The molecule has 39 heavy (non-hydrogen) atoms. The molecule has 0 spiro atoms. The summed E-state index contributed by atoms with van der Waals surface area (Å²) in [6.45, 7) is 3.98. The average molecular weight is 597 g/mol. The number of carbonyl (C=O) groups is 1. The summed E-state index contributed by atoms with van der Waals surface area (Å²) in [6.07, 6.45) is 2.84. The molecule has 6 nitrogen and oxygen atoms in total. The van der Waals surface area contributed by atoms with E-state index in [-0.39, 0.29) is 5.11 Å². The first kappa shape index (κ1) is 27.0. The van der Waals surface area contributed by atoms with E-state index in [0.717, 1.165) is 16.6 Å². The third kappa shape index (κ3) is 6.02. The first-order chi connectivity index (χ1) is 18.7. The van der Waals surface area contributed by atoms with Gasteiger partial charge in [-0.15, -0.1) is 0 Å². The Morgan fingerprint density at radius 2 is 1.77 bits per heavy atom. The van der Waals surface area contributed by atoms with Crippen molar-refractivity contribution < 1.29 is 13.6 Å². The van der Waals surface area contributed by atoms with Crippen LogP contribution < -0.4 is 10.6 Å². The van der Waals surface area contributed by atoms with Crippen molar-refractivity contribution in [3.05, 3.63) is 98.7 Å². The summed E-state index contributed by atoms with van der Waals surface area (Å²) in [6, 6.07) is 17.9. The minimum atomic E-state index is -0.440. The van der Waals surface area contributed by atoms with Crippen LogP contribution in [-0.2, 0) is 4.79 Å². The van der Waals surface area contributed by atoms with Gasteiger partial charge in [-0.05, 0) is 91.8 Å². The second kappa shape index (κ2) is 11.2. The number of furan rings is 1. The second-order valence-electron chi connectivity index (χ2n) is 8.72. The van der Waals surface area contributed by atoms with E-state index in [1.807, 2.05) is 26.0 Å². The zero-order chi connectivity index (χ0) is 27.7. The number of benzene rings is 3. The number of nitrogens with one attached hydrogen (secondary N) is 2. The molecule has 1 amide bonds. The molecule has 0 saturated carbocycles. The van der Waals surface area contributed by atoms with Crippen molar-refractivity contribution in [2.45, 2.75) is 13.8 Å². The lowest BCUT2D eigenvalue weighted by Crippen LogP contribution is -2.32. The molecule has 0 aliphatic heterocycles. The SMILES string of the molecule is Cc1cc(C)c2oc(-c3cc(NC(=S)NC(=O)C=Cc4ccc(-c5cccc(Cl)c5Cl)o4)ccc3Cl)nc2c1. The summed E-state index contributed by atoms with van der Waals surface area (Å²) in [5.74, 6) is 0.941. The van der Waals surface area contributed by atoms with E-state index in [4.69, 9.17) is 55.9 Å². The zero-order valence-corrected chi connectivity index (χ0v) is 23.7. The van der Waals surface area contributed by atoms with Crippen molar-refractivity contribution in [3.63, 3.8) is 0 Å². The number of halogens is 3. The van der Waals surface area contributed by atoms with Crippen LogP contribution in [0.5, 0.6) is 0 Å². The molecule has 2 heterocycles. The van der Waals surface area contributed by atoms with E-state index in [0.29, 0.717) is 54.9 Å². The van der Waals surface area contributed by atoms with Gasteiger partial charge in [0.05, 0.1) is 20.6 Å². The van der Waals surface area contributed by atoms with Gasteiger partial charge >= 0.3 is 0 Å². The number of thiocarbonyl (C=S) groups is 1. The van der Waals surface area contributed by atoms with Crippen molar-refractivity contribution in [3.8, 4) is 22.8 Å². The number of rotatable bonds is 5. The van der Waals surface area contributed by atoms with Crippen molar-refractivity contribution in [2.24, 2.45) is 0 Å². The maximum Gasteiger partial charge on any atom is 0.250 e. The molecule has 0 atom stereocenters. The van der Waals surface area contributed by atoms with Crippen LogP contribution in [0.1, 0.15) is 16.9 Å². The summed E-state index contributed by atoms with van der Waals surface area (Å²) in [5, 5.41) is 6.98. The number of anilines is 1. The summed E-state index contributed by atoms with van der Waals surface area (Å²) >= 11 is 24.1. The lowest BCUT2D eigenvalue weighted by molar-refractivity contribution is -0.115. The fourth-order valence-electron chi connectivity index (χ4n) is 4.01. The molecule has 5 aromatic rings. The van der Waals surface area contributed by atoms with Crippen LogP contribution >= 0.6 is 47.0 Å². The molecule has 0 fully saturated rings. The maximum atomic E-state index is 12.4. The molecular formula is C29H20Cl3N3O3S. The normalized spacial score (nSPS) is 11.3. The Bertz CT molecular complexity index is 1770. The molecule has 2 N–H and O–H groups in total. The highest BCUT2D eigenvalue weighted by molar-refractivity contribution is 7.80. The van der Waals surface area contributed by atoms with Gasteiger partial charge in [-0.25, -0.2) is 4.98 Å². The largest absolute Gasteiger partial charge is 0.457 e. The highest BCUT2D eigenvalue weighted by Gasteiger charge is 2.15. The topological polar surface area (TPSA) is 80.3 Å². The van der Waals surface area contributed by atoms with Gasteiger partial charge in [-0.3, -0.25) is 10.1 Å². The third-order valence-corrected chi connectivity index (χ3v) is 7.11. The van der Waals surface area contributed by atoms with Crippen LogP contribution in [0, 0.1) is 13.8 Å². The van der Waals surface area contributed by atoms with Gasteiger partial charge in [0, 0.05) is 17.3 Å². The number of aromatic nitrogens is 1. The summed E-state index contributed by atoms with van der Waals surface area (Å²) in [4.78, 5) is 17.0. The quantitative estimate of drug-likeness (QED) is 0.156. The van der Waals surface area contributed by atoms with Gasteiger partial charge in [-0.1, -0.05) is 46.9 Å². The van der Waals surface area contributed by atoms with E-state index in [1.54, 1.807) is 48.5 Å². The Labute approximate surface area is 244 Å². The molecule has 0 unspecified atom stereocenters. The monoisotopic (exact) mass is 595 g/mol. The number of carbonyl (C=O) groups excluding carboxylic acids is 1. The van der Waals surface area contributed by atoms with Crippen LogP contribution in [-0.4, -0.2) is 16.0 Å². The van der Waals surface area contributed by atoms with Gasteiger partial charge in [0.2, 0.25) is 11.8 Å². The van der Waals surface area contributed by atoms with E-state index in [1.165, 1.54) is 12.2 Å². The van der Waals surface area contributed by atoms with E-state index in [9.17, 15) is 4.79 Å². The lowest BCUT2D eigenvalue weighted by Gasteiger charge is -2.10. The van der Waals surface area contributed by atoms with Crippen LogP contribution in [0.15, 0.2) is 75.6 Å². The molecular weight excluding hydrogens is 577 g/mol. The second-order valence-corrected chi connectivity index (χ2v) is 10.3. The first-order valence-electron chi connectivity index (χ1n) is 11.7. The Kier molecular flexibility index (Phi) is 7.77. The van der Waals surface area contributed by atoms with Crippen LogP contribution in [0.4, 0.5) is 5.69 Å². The van der Waals surface area contributed by atoms with Crippen LogP contribution in [0.2, 0.25) is 15.1 Å². The van der Waals surface area contributed by atoms with Crippen molar-refractivity contribution in [1.82, 2.24) is 10.3 Å². The lowest BCUT2D eigenvalue weighted by atomic mass is 10.1. The van der Waals surface area contributed by atoms with Crippen LogP contribution in [0.3, 0.4) is 0 Å². The molecule has 0 aliphatic rings. The van der Waals surface area contributed by atoms with E-state index in [2.05, 4.69) is 15.6 Å². The standard InChI is InChI=1S/C29H20Cl3N3O3S/c1-15-12-16(2)27-23(13-15)34-28(38-27)20-14-17(6-9-21(20)30)33-29(39)35-25(36)11-8-18-7-10-24(37-18)19-4-3-5-22(31)26(19)32/h3-14H,1-2H3,(H2,33,35,36,39). The smallest absolute Gasteiger partial charge is 0.250 e. The van der Waals surface area contributed by atoms with E-state index >= 15 is 0 Å². The molecule has 0 saturated heterocycles. The minimum Gasteiger partial charge on any atom is -0.457 e. The van der Waals surface area contributed by atoms with E-state index < -0.39 is 5.91 Å². The minimum absolute atomic E-state index is 0.104. The van der Waals surface area contributed by atoms with Gasteiger partial charge in [0.15, 0.2) is 10.7 Å². The summed E-state index contributed by atoms with van der Waals surface area (Å²) in [7, 11) is 0. The van der Waals surface area contributed by atoms with Crippen molar-refractivity contribution in [1.29, 1.82) is 0 Å². The Morgan fingerprint density at radius 3 is 2.59 bits per heavy atom. The summed E-state index contributed by atoms with van der Waals surface area (Å²) in [5.41, 5.74) is 5.40. The maximum absolute atomic E-state index is 12.4. The molecule has 5 rings (SSSR count). The zero-order valence-electron chi connectivity index (χ0n) is 20.6. The molecule has 196 valence electrons. The number of hydrogen-bond acceptors (Lipinski definition) is 5. The average Bonchev–Trinajstić information content (AvgIpc) is 3.53. The van der Waals surface area contributed by atoms with Gasteiger partial charge in [0.25, 0.3) is 0 Å². The summed E-state index contributed by atoms with van der Waals surface area (Å²) < 4.78 is 11.8. The highest BCUT2D eigenvalue weighted by atomic mass is 35.5. The first-order valence-corrected chi connectivity index (χ1v) is 13.2. The Hall–Kier alpha value is -3.62. The van der Waals surface area contributed by atoms with Gasteiger partial charge in [-0.2, -0.15) is 0 Å². The van der Waals surface area contributed by atoms with Gasteiger partial charge in [0.1, 0.15) is 17.0 Å². The van der Waals surface area contributed by atoms with Crippen molar-refractivity contribution >= 4 is 80.9 Å². The molecule has 3 aromatic carbocycles. The molecule has 10 heteroatoms. The fraction of sp³-hybridized carbons (Fsp3) is 0.0690.